The molecule has 0 atom stereocenters. The second kappa shape index (κ2) is 5.13. The first-order valence-electron chi connectivity index (χ1n) is 7.06. The van der Waals surface area contributed by atoms with Crippen molar-refractivity contribution in [3.8, 4) is 0 Å². The third-order valence-electron chi connectivity index (χ3n) is 4.04. The maximum Gasteiger partial charge on any atom is 0.260 e. The van der Waals surface area contributed by atoms with E-state index < -0.39 is 0 Å². The van der Waals surface area contributed by atoms with Gasteiger partial charge in [-0.25, -0.2) is 0 Å². The van der Waals surface area contributed by atoms with Crippen LogP contribution in [0.3, 0.4) is 0 Å². The van der Waals surface area contributed by atoms with Crippen molar-refractivity contribution in [1.29, 1.82) is 0 Å². The van der Waals surface area contributed by atoms with Crippen molar-refractivity contribution >= 4 is 23.0 Å². The van der Waals surface area contributed by atoms with Gasteiger partial charge in [0.25, 0.3) is 5.91 Å². The van der Waals surface area contributed by atoms with Crippen LogP contribution in [0.4, 0.5) is 17.1 Å². The fourth-order valence-corrected chi connectivity index (χ4v) is 2.73. The van der Waals surface area contributed by atoms with Crippen molar-refractivity contribution in [1.82, 2.24) is 0 Å². The number of carbonyl (C=O) groups is 1. The summed E-state index contributed by atoms with van der Waals surface area (Å²) in [4.78, 5) is 16.9. The van der Waals surface area contributed by atoms with Gasteiger partial charge in [-0.05, 0) is 30.7 Å². The van der Waals surface area contributed by atoms with Crippen LogP contribution in [0, 0.1) is 6.92 Å². The summed E-state index contributed by atoms with van der Waals surface area (Å²) in [7, 11) is 2.04. The second-order valence-electron chi connectivity index (χ2n) is 5.40. The van der Waals surface area contributed by atoms with Crippen LogP contribution in [-0.4, -0.2) is 26.0 Å². The van der Waals surface area contributed by atoms with Gasteiger partial charge in [0.1, 0.15) is 0 Å². The lowest BCUT2D eigenvalue weighted by atomic mass is 10.1. The SMILES string of the molecule is Cc1cccc(C(=O)N2CCN(C)c3ccccc32)c1N. The average molecular weight is 281 g/mol. The molecule has 4 nitrogen and oxygen atoms in total. The molecule has 3 rings (SSSR count). The molecule has 0 unspecified atom stereocenters. The molecule has 1 aliphatic rings. The molecule has 0 aliphatic carbocycles. The second-order valence-corrected chi connectivity index (χ2v) is 5.40. The molecular formula is C17H19N3O. The van der Waals surface area contributed by atoms with Gasteiger partial charge in [0, 0.05) is 25.8 Å². The van der Waals surface area contributed by atoms with E-state index in [9.17, 15) is 4.79 Å². The molecular weight excluding hydrogens is 262 g/mol. The largest absolute Gasteiger partial charge is 0.398 e. The van der Waals surface area contributed by atoms with Gasteiger partial charge in [0.05, 0.1) is 16.9 Å². The Morgan fingerprint density at radius 3 is 2.52 bits per heavy atom. The van der Waals surface area contributed by atoms with E-state index in [4.69, 9.17) is 5.73 Å². The van der Waals surface area contributed by atoms with Crippen LogP contribution in [0.25, 0.3) is 0 Å². The Morgan fingerprint density at radius 2 is 1.76 bits per heavy atom. The summed E-state index contributed by atoms with van der Waals surface area (Å²) in [5, 5.41) is 0. The molecule has 0 fully saturated rings. The highest BCUT2D eigenvalue weighted by Gasteiger charge is 2.26. The van der Waals surface area contributed by atoms with Crippen LogP contribution >= 0.6 is 0 Å². The maximum atomic E-state index is 12.9. The Hall–Kier alpha value is -2.49. The highest BCUT2D eigenvalue weighted by atomic mass is 16.2. The van der Waals surface area contributed by atoms with Crippen molar-refractivity contribution in [2.24, 2.45) is 0 Å². The number of anilines is 3. The van der Waals surface area contributed by atoms with Crippen LogP contribution in [0.5, 0.6) is 0 Å². The summed E-state index contributed by atoms with van der Waals surface area (Å²) in [6.07, 6.45) is 0. The minimum absolute atomic E-state index is 0.0308. The lowest BCUT2D eigenvalue weighted by Gasteiger charge is -2.35. The first-order chi connectivity index (χ1) is 10.1. The Morgan fingerprint density at radius 1 is 1.05 bits per heavy atom. The number of benzene rings is 2. The molecule has 0 saturated carbocycles. The van der Waals surface area contributed by atoms with E-state index in [0.717, 1.165) is 23.5 Å². The number of likely N-dealkylation sites (N-methyl/N-ethyl adjacent to an activating group) is 1. The number of rotatable bonds is 1. The number of nitrogens with two attached hydrogens (primary N) is 1. The van der Waals surface area contributed by atoms with Gasteiger partial charge in [0.2, 0.25) is 0 Å². The van der Waals surface area contributed by atoms with E-state index in [-0.39, 0.29) is 5.91 Å². The average Bonchev–Trinajstić information content (AvgIpc) is 2.50. The molecule has 0 bridgehead atoms. The molecule has 1 heterocycles. The van der Waals surface area contributed by atoms with Gasteiger partial charge in [0.15, 0.2) is 0 Å². The lowest BCUT2D eigenvalue weighted by molar-refractivity contribution is 0.0987. The van der Waals surface area contributed by atoms with E-state index in [1.165, 1.54) is 0 Å². The topological polar surface area (TPSA) is 49.6 Å². The van der Waals surface area contributed by atoms with Crippen molar-refractivity contribution < 1.29 is 4.79 Å². The van der Waals surface area contributed by atoms with Crippen molar-refractivity contribution in [2.75, 3.05) is 35.7 Å². The van der Waals surface area contributed by atoms with Gasteiger partial charge in [-0.15, -0.1) is 0 Å². The first kappa shape index (κ1) is 13.5. The first-order valence-corrected chi connectivity index (χ1v) is 7.06. The van der Waals surface area contributed by atoms with E-state index in [1.54, 1.807) is 6.07 Å². The third-order valence-corrected chi connectivity index (χ3v) is 4.04. The van der Waals surface area contributed by atoms with Gasteiger partial charge in [-0.2, -0.15) is 0 Å². The quantitative estimate of drug-likeness (QED) is 0.818. The molecule has 1 amide bonds. The molecule has 2 aromatic carbocycles. The summed E-state index contributed by atoms with van der Waals surface area (Å²) in [6.45, 7) is 3.40. The van der Waals surface area contributed by atoms with E-state index in [2.05, 4.69) is 4.90 Å². The predicted octanol–water partition coefficient (Wildman–Crippen LogP) is 2.67. The minimum atomic E-state index is -0.0308. The monoisotopic (exact) mass is 281 g/mol. The number of carbonyl (C=O) groups excluding carboxylic acids is 1. The number of nitrogen functional groups attached to an aromatic ring is 1. The van der Waals surface area contributed by atoms with Crippen LogP contribution in [0.15, 0.2) is 42.5 Å². The molecule has 2 N–H and O–H groups in total. The number of para-hydroxylation sites is 3. The van der Waals surface area contributed by atoms with Crippen molar-refractivity contribution in [3.05, 3.63) is 53.6 Å². The summed E-state index contributed by atoms with van der Waals surface area (Å²) in [5.74, 6) is -0.0308. The number of hydrogen-bond acceptors (Lipinski definition) is 3. The lowest BCUT2D eigenvalue weighted by Crippen LogP contribution is -2.42. The standard InChI is InChI=1S/C17H19N3O/c1-12-6-5-7-13(16(12)18)17(21)20-11-10-19(2)14-8-3-4-9-15(14)20/h3-9H,10-11,18H2,1-2H3. The highest BCUT2D eigenvalue weighted by molar-refractivity contribution is 6.11. The van der Waals surface area contributed by atoms with Crippen LogP contribution in [-0.2, 0) is 0 Å². The fourth-order valence-electron chi connectivity index (χ4n) is 2.73. The van der Waals surface area contributed by atoms with Crippen LogP contribution in [0.1, 0.15) is 15.9 Å². The Kier molecular flexibility index (Phi) is 3.29. The Balaban J connectivity index is 2.03. The van der Waals surface area contributed by atoms with Crippen molar-refractivity contribution in [3.63, 3.8) is 0 Å². The van der Waals surface area contributed by atoms with Gasteiger partial charge < -0.3 is 15.5 Å². The summed E-state index contributed by atoms with van der Waals surface area (Å²) in [5.41, 5.74) is 10.2. The molecule has 0 spiro atoms. The number of amides is 1. The Bertz CT molecular complexity index is 696. The number of aryl methyl sites for hydroxylation is 1. The van der Waals surface area contributed by atoms with Crippen LogP contribution in [0.2, 0.25) is 0 Å². The van der Waals surface area contributed by atoms with E-state index in [0.29, 0.717) is 17.8 Å². The fraction of sp³-hybridized carbons (Fsp3) is 0.235. The van der Waals surface area contributed by atoms with Gasteiger partial charge in [-0.1, -0.05) is 24.3 Å². The predicted molar refractivity (Wildman–Crippen MR) is 87.0 cm³/mol. The van der Waals surface area contributed by atoms with E-state index in [1.807, 2.05) is 55.3 Å². The molecule has 4 heteroatoms. The molecule has 108 valence electrons. The molecule has 2 aromatic rings. The molecule has 0 saturated heterocycles. The zero-order chi connectivity index (χ0) is 15.0. The summed E-state index contributed by atoms with van der Waals surface area (Å²) in [6, 6.07) is 13.6. The van der Waals surface area contributed by atoms with E-state index >= 15 is 0 Å². The minimum Gasteiger partial charge on any atom is -0.398 e. The maximum absolute atomic E-state index is 12.9. The normalized spacial score (nSPS) is 14.0. The molecule has 0 aromatic heterocycles. The molecule has 1 aliphatic heterocycles. The van der Waals surface area contributed by atoms with Crippen LogP contribution < -0.4 is 15.5 Å². The Labute approximate surface area is 124 Å². The summed E-state index contributed by atoms with van der Waals surface area (Å²) >= 11 is 0. The number of fused-ring (bicyclic) bond motifs is 1. The smallest absolute Gasteiger partial charge is 0.260 e. The third kappa shape index (κ3) is 2.23. The zero-order valence-corrected chi connectivity index (χ0v) is 12.3. The number of nitrogens with zero attached hydrogens (tertiary/aromatic N) is 2. The molecule has 0 radical (unpaired) electrons. The van der Waals surface area contributed by atoms with Gasteiger partial charge >= 0.3 is 0 Å². The number of hydrogen-bond donors (Lipinski definition) is 1. The van der Waals surface area contributed by atoms with Crippen molar-refractivity contribution in [2.45, 2.75) is 6.92 Å². The summed E-state index contributed by atoms with van der Waals surface area (Å²) < 4.78 is 0. The van der Waals surface area contributed by atoms with Gasteiger partial charge in [-0.3, -0.25) is 4.79 Å². The highest BCUT2D eigenvalue weighted by Crippen LogP contribution is 2.33. The zero-order valence-electron chi connectivity index (χ0n) is 12.3. The molecule has 21 heavy (non-hydrogen) atoms.